The molecule has 3 amide bonds. The molecule has 2 saturated heterocycles. The molecule has 6 rings (SSSR count). The summed E-state index contributed by atoms with van der Waals surface area (Å²) in [6, 6.07) is 3.08. The summed E-state index contributed by atoms with van der Waals surface area (Å²) >= 11 is 0. The lowest BCUT2D eigenvalue weighted by Crippen LogP contribution is -2.42. The van der Waals surface area contributed by atoms with Crippen LogP contribution >= 0.6 is 0 Å². The number of pyridine rings is 2. The van der Waals surface area contributed by atoms with Crippen molar-refractivity contribution < 1.29 is 47.2 Å². The molecule has 3 aromatic rings. The second kappa shape index (κ2) is 12.9. The van der Waals surface area contributed by atoms with Crippen molar-refractivity contribution in [3.8, 4) is 17.0 Å². The number of halogens is 1. The third kappa shape index (κ3) is 7.32. The van der Waals surface area contributed by atoms with Crippen molar-refractivity contribution >= 4 is 46.2 Å². The topological polar surface area (TPSA) is 160 Å². The lowest BCUT2D eigenvalue weighted by Gasteiger charge is -2.32. The summed E-state index contributed by atoms with van der Waals surface area (Å²) in [6.45, 7) is 13.2. The third-order valence-electron chi connectivity index (χ3n) is 8.06. The van der Waals surface area contributed by atoms with Gasteiger partial charge in [0, 0.05) is 28.9 Å². The monoisotopic (exact) mass is 681 g/mol. The van der Waals surface area contributed by atoms with Crippen LogP contribution in [0.2, 0.25) is 0 Å². The summed E-state index contributed by atoms with van der Waals surface area (Å²) in [7, 11) is 0. The number of carbonyl (C=O) groups is 3. The number of fused-ring (bicyclic) bond motifs is 3. The minimum atomic E-state index is -0.881. The highest BCUT2D eigenvalue weighted by Gasteiger charge is 2.44. The van der Waals surface area contributed by atoms with E-state index in [2.05, 4.69) is 20.6 Å². The van der Waals surface area contributed by atoms with E-state index in [1.807, 2.05) is 0 Å². The number of ether oxygens (including phenoxy) is 6. The van der Waals surface area contributed by atoms with Gasteiger partial charge in [-0.1, -0.05) is 0 Å². The van der Waals surface area contributed by atoms with Crippen LogP contribution in [0.3, 0.4) is 0 Å². The predicted octanol–water partition coefficient (Wildman–Crippen LogP) is 6.54. The Hall–Kier alpha value is -4.76. The number of aromatic nitrogens is 2. The van der Waals surface area contributed by atoms with Crippen LogP contribution in [0.5, 0.6) is 5.88 Å². The van der Waals surface area contributed by atoms with E-state index in [-0.39, 0.29) is 60.3 Å². The molecular weight excluding hydrogens is 641 g/mol. The van der Waals surface area contributed by atoms with Crippen LogP contribution in [0.25, 0.3) is 21.9 Å². The van der Waals surface area contributed by atoms with Gasteiger partial charge in [-0.2, -0.15) is 0 Å². The Bertz CT molecular complexity index is 1810. The smallest absolute Gasteiger partial charge is 0.415 e. The Morgan fingerprint density at radius 1 is 0.939 bits per heavy atom. The largest absolute Gasteiger partial charge is 0.474 e. The Labute approximate surface area is 282 Å². The van der Waals surface area contributed by atoms with Crippen LogP contribution < -0.4 is 20.3 Å². The van der Waals surface area contributed by atoms with E-state index in [4.69, 9.17) is 28.4 Å². The Balaban J connectivity index is 1.39. The van der Waals surface area contributed by atoms with E-state index >= 15 is 4.39 Å². The molecule has 14 nitrogen and oxygen atoms in total. The molecule has 262 valence electrons. The number of amides is 3. The van der Waals surface area contributed by atoms with Gasteiger partial charge >= 0.3 is 18.3 Å². The number of hydrogen-bond donors (Lipinski definition) is 2. The molecule has 2 aromatic heterocycles. The molecule has 1 aromatic carbocycles. The first-order valence-corrected chi connectivity index (χ1v) is 16.0. The molecule has 5 heterocycles. The molecular formula is C34H40FN5O9. The van der Waals surface area contributed by atoms with Crippen LogP contribution in [0.1, 0.15) is 53.5 Å². The van der Waals surface area contributed by atoms with Crippen LogP contribution in [-0.2, 0) is 23.7 Å². The van der Waals surface area contributed by atoms with Crippen molar-refractivity contribution in [2.24, 2.45) is 5.92 Å². The first kappa shape index (κ1) is 34.1. The second-order valence-corrected chi connectivity index (χ2v) is 14.1. The van der Waals surface area contributed by atoms with Crippen molar-refractivity contribution in [3.05, 3.63) is 35.9 Å². The normalized spacial score (nSPS) is 20.2. The molecule has 0 saturated carbocycles. The highest BCUT2D eigenvalue weighted by Crippen LogP contribution is 2.43. The van der Waals surface area contributed by atoms with Crippen molar-refractivity contribution in [3.63, 3.8) is 0 Å². The fourth-order valence-electron chi connectivity index (χ4n) is 5.99. The number of carbonyl (C=O) groups excluding carboxylic acids is 3. The van der Waals surface area contributed by atoms with E-state index < -0.39 is 41.4 Å². The van der Waals surface area contributed by atoms with Gasteiger partial charge in [0.2, 0.25) is 5.88 Å². The van der Waals surface area contributed by atoms with Crippen LogP contribution in [-0.4, -0.2) is 78.2 Å². The average molecular weight is 682 g/mol. The second-order valence-electron chi connectivity index (χ2n) is 14.1. The molecule has 3 aliphatic rings. The van der Waals surface area contributed by atoms with Gasteiger partial charge in [0.1, 0.15) is 35.4 Å². The van der Waals surface area contributed by atoms with Crippen LogP contribution in [0.15, 0.2) is 24.5 Å². The van der Waals surface area contributed by atoms with E-state index in [0.29, 0.717) is 28.8 Å². The lowest BCUT2D eigenvalue weighted by molar-refractivity contribution is -0.0907. The molecule has 49 heavy (non-hydrogen) atoms. The number of hydrogen-bond acceptors (Lipinski definition) is 11. The minimum absolute atomic E-state index is 0.0487. The Kier molecular flexibility index (Phi) is 9.00. The van der Waals surface area contributed by atoms with Crippen LogP contribution in [0.4, 0.5) is 36.0 Å². The third-order valence-corrected chi connectivity index (χ3v) is 8.06. The standard InChI is InChI=1S/C34H40FN5O9/c1-17-21(14-37-28-27(17)40(9-11-44-28)32(43)49-34(5,6)7)20-12-18-13-24(38-30(41)47-23-16-46-29-19(23)8-10-45-29)36-15-22(18)26(25(20)35)39-31(42)48-33(2,3)4/h12-15,19,23,29H,8-11,16H2,1-7H3,(H,39,42)(H,36,38,41)/t19-,23+,29+/m0/s1. The van der Waals surface area contributed by atoms with Gasteiger partial charge in [0.05, 0.1) is 31.4 Å². The molecule has 2 N–H and O–H groups in total. The number of anilines is 3. The summed E-state index contributed by atoms with van der Waals surface area (Å²) in [5.41, 5.74) is -0.614. The van der Waals surface area contributed by atoms with Gasteiger partial charge in [-0.05, 0) is 78.0 Å². The maximum atomic E-state index is 16.6. The molecule has 0 unspecified atom stereocenters. The van der Waals surface area contributed by atoms with Gasteiger partial charge < -0.3 is 28.4 Å². The average Bonchev–Trinajstić information content (AvgIpc) is 3.62. The van der Waals surface area contributed by atoms with E-state index in [9.17, 15) is 14.4 Å². The molecule has 2 fully saturated rings. The van der Waals surface area contributed by atoms with Gasteiger partial charge in [-0.15, -0.1) is 0 Å². The zero-order valence-electron chi connectivity index (χ0n) is 28.5. The summed E-state index contributed by atoms with van der Waals surface area (Å²) in [5.74, 6) is -0.516. The number of nitrogens with zero attached hydrogens (tertiary/aromatic N) is 3. The minimum Gasteiger partial charge on any atom is -0.474 e. The Morgan fingerprint density at radius 3 is 2.43 bits per heavy atom. The SMILES string of the molecule is Cc1c(-c2cc3cc(NC(=O)O[C@@H]4CO[C@H]5OCC[C@H]54)ncc3c(NC(=O)OC(C)(C)C)c2F)cnc2c1N(C(=O)OC(C)(C)C)CCO2. The maximum Gasteiger partial charge on any atom is 0.415 e. The zero-order chi connectivity index (χ0) is 35.2. The summed E-state index contributed by atoms with van der Waals surface area (Å²) in [4.78, 5) is 49.1. The van der Waals surface area contributed by atoms with E-state index in [0.717, 1.165) is 6.42 Å². The first-order valence-electron chi connectivity index (χ1n) is 16.0. The highest BCUT2D eigenvalue weighted by molar-refractivity contribution is 6.05. The van der Waals surface area contributed by atoms with Crippen molar-refractivity contribution in [2.45, 2.75) is 78.5 Å². The van der Waals surface area contributed by atoms with Gasteiger partial charge in [0.15, 0.2) is 12.1 Å². The summed E-state index contributed by atoms with van der Waals surface area (Å²) < 4.78 is 50.1. The van der Waals surface area contributed by atoms with Crippen molar-refractivity contribution in [1.82, 2.24) is 9.97 Å². The van der Waals surface area contributed by atoms with E-state index in [1.54, 1.807) is 54.5 Å². The van der Waals surface area contributed by atoms with Gasteiger partial charge in [0.25, 0.3) is 0 Å². The molecule has 3 aliphatic heterocycles. The quantitative estimate of drug-likeness (QED) is 0.288. The first-order chi connectivity index (χ1) is 23.1. The molecule has 0 spiro atoms. The predicted molar refractivity (Wildman–Crippen MR) is 176 cm³/mol. The molecule has 3 atom stereocenters. The van der Waals surface area contributed by atoms with Crippen molar-refractivity contribution in [1.29, 1.82) is 0 Å². The van der Waals surface area contributed by atoms with Crippen molar-refractivity contribution in [2.75, 3.05) is 41.9 Å². The zero-order valence-corrected chi connectivity index (χ0v) is 28.5. The van der Waals surface area contributed by atoms with Crippen LogP contribution in [0, 0.1) is 18.7 Å². The fraction of sp³-hybridized carbons (Fsp3) is 0.500. The maximum absolute atomic E-state index is 16.6. The summed E-state index contributed by atoms with van der Waals surface area (Å²) in [5, 5.41) is 5.83. The molecule has 0 radical (unpaired) electrons. The number of rotatable bonds is 4. The number of benzene rings is 1. The van der Waals surface area contributed by atoms with Gasteiger partial charge in [-0.3, -0.25) is 15.5 Å². The van der Waals surface area contributed by atoms with Gasteiger partial charge in [-0.25, -0.2) is 28.7 Å². The lowest BCUT2D eigenvalue weighted by atomic mass is 9.96. The highest BCUT2D eigenvalue weighted by atomic mass is 19.1. The molecule has 15 heteroatoms. The van der Waals surface area contributed by atoms with E-state index in [1.165, 1.54) is 23.4 Å². The fourth-order valence-corrected chi connectivity index (χ4v) is 5.99. The number of nitrogens with one attached hydrogen (secondary N) is 2. The summed E-state index contributed by atoms with van der Waals surface area (Å²) in [6.07, 6.45) is 0.423. The molecule has 0 bridgehead atoms. The molecule has 0 aliphatic carbocycles. The Morgan fingerprint density at radius 2 is 1.69 bits per heavy atom.